The average molecular weight is 320 g/mol. The number of nitro benzene ring substituents is 1. The molecule has 1 aliphatic rings. The average Bonchev–Trinajstić information content (AvgIpc) is 2.54. The van der Waals surface area contributed by atoms with Crippen molar-refractivity contribution in [1.82, 2.24) is 9.80 Å². The van der Waals surface area contributed by atoms with Crippen molar-refractivity contribution in [2.75, 3.05) is 31.5 Å². The summed E-state index contributed by atoms with van der Waals surface area (Å²) >= 11 is 0. The molecule has 3 amide bonds. The van der Waals surface area contributed by atoms with Crippen LogP contribution in [0.3, 0.4) is 0 Å². The molecule has 0 unspecified atom stereocenters. The Hall–Kier alpha value is -2.97. The highest BCUT2D eigenvalue weighted by Crippen LogP contribution is 2.15. The summed E-state index contributed by atoms with van der Waals surface area (Å²) in [5, 5.41) is 13.0. The van der Waals surface area contributed by atoms with Crippen LogP contribution in [-0.4, -0.2) is 58.6 Å². The number of carbonyl (C=O) groups is 3. The van der Waals surface area contributed by atoms with Crippen LogP contribution in [0.2, 0.25) is 0 Å². The van der Waals surface area contributed by atoms with Gasteiger partial charge in [-0.15, -0.1) is 0 Å². The van der Waals surface area contributed by atoms with Gasteiger partial charge in [0.25, 0.3) is 5.69 Å². The van der Waals surface area contributed by atoms with Crippen LogP contribution in [0, 0.1) is 10.1 Å². The largest absolute Gasteiger partial charge is 0.339 e. The number of nitrogens with one attached hydrogen (secondary N) is 1. The molecule has 0 aromatic heterocycles. The predicted molar refractivity (Wildman–Crippen MR) is 80.6 cm³/mol. The molecule has 1 aromatic carbocycles. The van der Waals surface area contributed by atoms with Gasteiger partial charge < -0.3 is 15.1 Å². The topological polar surface area (TPSA) is 113 Å². The molecule has 23 heavy (non-hydrogen) atoms. The van der Waals surface area contributed by atoms with Crippen molar-refractivity contribution in [1.29, 1.82) is 0 Å². The van der Waals surface area contributed by atoms with Gasteiger partial charge in [0.2, 0.25) is 5.91 Å². The van der Waals surface area contributed by atoms with E-state index in [-0.39, 0.29) is 11.6 Å². The van der Waals surface area contributed by atoms with Crippen LogP contribution in [0.25, 0.3) is 0 Å². The van der Waals surface area contributed by atoms with Crippen molar-refractivity contribution < 1.29 is 19.3 Å². The number of anilines is 1. The standard InChI is InChI=1S/C14H16N4O5/c1-10(19)16-6-8-17(9-7-16)14(21)13(20)15-11-2-4-12(5-3-11)18(22)23/h2-5H,6-9H2,1H3,(H,15,20). The summed E-state index contributed by atoms with van der Waals surface area (Å²) in [6.45, 7) is 2.84. The molecule has 9 heteroatoms. The molecule has 0 radical (unpaired) electrons. The zero-order valence-electron chi connectivity index (χ0n) is 12.5. The van der Waals surface area contributed by atoms with Crippen LogP contribution in [-0.2, 0) is 14.4 Å². The van der Waals surface area contributed by atoms with Gasteiger partial charge in [-0.25, -0.2) is 0 Å². The molecule has 0 aliphatic carbocycles. The summed E-state index contributed by atoms with van der Waals surface area (Å²) in [6, 6.07) is 5.20. The fourth-order valence-corrected chi connectivity index (χ4v) is 2.22. The second-order valence-corrected chi connectivity index (χ2v) is 5.06. The third-order valence-electron chi connectivity index (χ3n) is 3.54. The minimum absolute atomic E-state index is 0.0626. The van der Waals surface area contributed by atoms with Gasteiger partial charge in [-0.05, 0) is 12.1 Å². The summed E-state index contributed by atoms with van der Waals surface area (Å²) in [7, 11) is 0. The summed E-state index contributed by atoms with van der Waals surface area (Å²) in [4.78, 5) is 48.2. The molecule has 2 rings (SSSR count). The van der Waals surface area contributed by atoms with Crippen LogP contribution in [0.1, 0.15) is 6.92 Å². The summed E-state index contributed by atoms with van der Waals surface area (Å²) in [5.41, 5.74) is 0.200. The molecule has 1 N–H and O–H groups in total. The van der Waals surface area contributed by atoms with Crippen molar-refractivity contribution >= 4 is 29.1 Å². The SMILES string of the molecule is CC(=O)N1CCN(C(=O)C(=O)Nc2ccc([N+](=O)[O-])cc2)CC1. The summed E-state index contributed by atoms with van der Waals surface area (Å²) < 4.78 is 0. The fraction of sp³-hybridized carbons (Fsp3) is 0.357. The van der Waals surface area contributed by atoms with Gasteiger partial charge in [-0.2, -0.15) is 0 Å². The maximum absolute atomic E-state index is 12.1. The minimum Gasteiger partial charge on any atom is -0.339 e. The van der Waals surface area contributed by atoms with E-state index in [9.17, 15) is 24.5 Å². The second kappa shape index (κ2) is 6.86. The Bertz CT molecular complexity index is 635. The summed E-state index contributed by atoms with van der Waals surface area (Å²) in [6.07, 6.45) is 0. The monoisotopic (exact) mass is 320 g/mol. The smallest absolute Gasteiger partial charge is 0.313 e. The number of benzene rings is 1. The lowest BCUT2D eigenvalue weighted by Gasteiger charge is -2.33. The van der Waals surface area contributed by atoms with Gasteiger partial charge in [-0.3, -0.25) is 24.5 Å². The second-order valence-electron chi connectivity index (χ2n) is 5.06. The number of carbonyl (C=O) groups excluding carboxylic acids is 3. The Morgan fingerprint density at radius 2 is 1.57 bits per heavy atom. The third-order valence-corrected chi connectivity index (χ3v) is 3.54. The van der Waals surface area contributed by atoms with Gasteiger partial charge in [0, 0.05) is 50.9 Å². The number of rotatable bonds is 2. The molecular formula is C14H16N4O5. The normalized spacial score (nSPS) is 14.3. The van der Waals surface area contributed by atoms with Crippen molar-refractivity contribution in [3.8, 4) is 0 Å². The Balaban J connectivity index is 1.91. The highest BCUT2D eigenvalue weighted by molar-refractivity contribution is 6.39. The number of piperazine rings is 1. The molecule has 122 valence electrons. The van der Waals surface area contributed by atoms with E-state index in [0.717, 1.165) is 0 Å². The lowest BCUT2D eigenvalue weighted by Crippen LogP contribution is -2.52. The number of hydrogen-bond acceptors (Lipinski definition) is 5. The predicted octanol–water partition coefficient (Wildman–Crippen LogP) is 0.224. The van der Waals surface area contributed by atoms with Gasteiger partial charge in [0.05, 0.1) is 4.92 Å². The number of non-ortho nitro benzene ring substituents is 1. The van der Waals surface area contributed by atoms with Crippen molar-refractivity contribution in [2.24, 2.45) is 0 Å². The first kappa shape index (κ1) is 16.4. The van der Waals surface area contributed by atoms with E-state index < -0.39 is 16.7 Å². The summed E-state index contributed by atoms with van der Waals surface area (Å²) in [5.74, 6) is -1.56. The van der Waals surface area contributed by atoms with Crippen molar-refractivity contribution in [3.05, 3.63) is 34.4 Å². The third kappa shape index (κ3) is 4.02. The van der Waals surface area contributed by atoms with E-state index in [2.05, 4.69) is 5.32 Å². The molecule has 0 atom stereocenters. The quantitative estimate of drug-likeness (QED) is 0.476. The first-order valence-electron chi connectivity index (χ1n) is 6.98. The molecule has 1 aliphatic heterocycles. The molecule has 1 fully saturated rings. The number of hydrogen-bond donors (Lipinski definition) is 1. The fourth-order valence-electron chi connectivity index (χ4n) is 2.22. The van der Waals surface area contributed by atoms with E-state index in [1.165, 1.54) is 36.1 Å². The number of nitrogens with zero attached hydrogens (tertiary/aromatic N) is 3. The first-order valence-corrected chi connectivity index (χ1v) is 6.98. The van der Waals surface area contributed by atoms with E-state index in [0.29, 0.717) is 31.9 Å². The highest BCUT2D eigenvalue weighted by atomic mass is 16.6. The van der Waals surface area contributed by atoms with Crippen LogP contribution in [0.4, 0.5) is 11.4 Å². The first-order chi connectivity index (χ1) is 10.9. The van der Waals surface area contributed by atoms with Gasteiger partial charge in [0.1, 0.15) is 0 Å². The Kier molecular flexibility index (Phi) is 4.89. The Morgan fingerprint density at radius 1 is 1.04 bits per heavy atom. The zero-order chi connectivity index (χ0) is 17.0. The van der Waals surface area contributed by atoms with E-state index in [1.54, 1.807) is 4.90 Å². The molecule has 0 bridgehead atoms. The number of nitro groups is 1. The van der Waals surface area contributed by atoms with Crippen LogP contribution in [0.5, 0.6) is 0 Å². The molecular weight excluding hydrogens is 304 g/mol. The Labute approximate surface area is 132 Å². The van der Waals surface area contributed by atoms with E-state index in [4.69, 9.17) is 0 Å². The Morgan fingerprint density at radius 3 is 2.04 bits per heavy atom. The molecule has 0 spiro atoms. The minimum atomic E-state index is -0.810. The molecule has 1 aromatic rings. The molecule has 1 saturated heterocycles. The number of amides is 3. The van der Waals surface area contributed by atoms with Crippen molar-refractivity contribution in [2.45, 2.75) is 6.92 Å². The van der Waals surface area contributed by atoms with Crippen LogP contribution >= 0.6 is 0 Å². The highest BCUT2D eigenvalue weighted by Gasteiger charge is 2.26. The molecule has 9 nitrogen and oxygen atoms in total. The van der Waals surface area contributed by atoms with Crippen LogP contribution < -0.4 is 5.32 Å². The van der Waals surface area contributed by atoms with E-state index in [1.807, 2.05) is 0 Å². The molecule has 0 saturated carbocycles. The maximum Gasteiger partial charge on any atom is 0.313 e. The lowest BCUT2D eigenvalue weighted by atomic mass is 10.2. The van der Waals surface area contributed by atoms with Crippen molar-refractivity contribution in [3.63, 3.8) is 0 Å². The lowest BCUT2D eigenvalue weighted by molar-refractivity contribution is -0.384. The van der Waals surface area contributed by atoms with Gasteiger partial charge >= 0.3 is 11.8 Å². The van der Waals surface area contributed by atoms with Gasteiger partial charge in [0.15, 0.2) is 0 Å². The van der Waals surface area contributed by atoms with E-state index >= 15 is 0 Å². The van der Waals surface area contributed by atoms with Gasteiger partial charge in [-0.1, -0.05) is 0 Å². The maximum atomic E-state index is 12.1. The van der Waals surface area contributed by atoms with Crippen LogP contribution in [0.15, 0.2) is 24.3 Å². The molecule has 1 heterocycles. The zero-order valence-corrected chi connectivity index (χ0v) is 12.5.